The Morgan fingerprint density at radius 1 is 0.921 bits per heavy atom. The van der Waals surface area contributed by atoms with E-state index in [-0.39, 0.29) is 18.1 Å². The summed E-state index contributed by atoms with van der Waals surface area (Å²) in [7, 11) is 6.33. The van der Waals surface area contributed by atoms with Gasteiger partial charge in [-0.15, -0.1) is 0 Å². The molecule has 0 bridgehead atoms. The molecule has 202 valence electrons. The van der Waals surface area contributed by atoms with Gasteiger partial charge < -0.3 is 23.7 Å². The number of carbonyl (C=O) groups excluding carboxylic acids is 2. The second-order valence-corrected chi connectivity index (χ2v) is 9.49. The first kappa shape index (κ1) is 27.2. The highest BCUT2D eigenvalue weighted by Crippen LogP contribution is 2.49. The van der Waals surface area contributed by atoms with Gasteiger partial charge >= 0.3 is 5.97 Å². The predicted octanol–water partition coefficient (Wildman–Crippen LogP) is 5.25. The molecule has 8 heteroatoms. The molecule has 0 saturated heterocycles. The van der Waals surface area contributed by atoms with Crippen molar-refractivity contribution in [3.63, 3.8) is 0 Å². The van der Waals surface area contributed by atoms with Crippen LogP contribution in [0.1, 0.15) is 56.1 Å². The van der Waals surface area contributed by atoms with E-state index >= 15 is 0 Å². The molecule has 4 rings (SSSR count). The van der Waals surface area contributed by atoms with E-state index in [1.165, 1.54) is 0 Å². The summed E-state index contributed by atoms with van der Waals surface area (Å²) in [6.07, 6.45) is 1.53. The summed E-state index contributed by atoms with van der Waals surface area (Å²) < 4.78 is 27.6. The van der Waals surface area contributed by atoms with Gasteiger partial charge in [0.15, 0.2) is 17.3 Å². The Hall–Kier alpha value is -3.81. The van der Waals surface area contributed by atoms with Crippen molar-refractivity contribution in [2.75, 3.05) is 35.0 Å². The van der Waals surface area contributed by atoms with Crippen molar-refractivity contribution in [2.24, 2.45) is 10.9 Å². The van der Waals surface area contributed by atoms with E-state index < -0.39 is 17.8 Å². The SMILES string of the molecule is CCCOC(=O)C1C(C)=NC2=C(C(=O)C[C@H](c3ccc(OC)c(OC)c3)C2)[C@H]1c1cc(OC)ccc1OC. The van der Waals surface area contributed by atoms with Gasteiger partial charge in [0, 0.05) is 34.9 Å². The van der Waals surface area contributed by atoms with Gasteiger partial charge in [0.1, 0.15) is 17.4 Å². The van der Waals surface area contributed by atoms with Gasteiger partial charge in [-0.05, 0) is 61.6 Å². The zero-order valence-corrected chi connectivity index (χ0v) is 22.8. The lowest BCUT2D eigenvalue weighted by Crippen LogP contribution is -2.38. The highest BCUT2D eigenvalue weighted by molar-refractivity contribution is 6.09. The molecule has 8 nitrogen and oxygen atoms in total. The van der Waals surface area contributed by atoms with E-state index in [4.69, 9.17) is 28.7 Å². The molecule has 0 spiro atoms. The lowest BCUT2D eigenvalue weighted by molar-refractivity contribution is -0.146. The largest absolute Gasteiger partial charge is 0.497 e. The predicted molar refractivity (Wildman–Crippen MR) is 144 cm³/mol. The third-order valence-corrected chi connectivity index (χ3v) is 7.24. The standard InChI is InChI=1S/C30H35NO7/c1-7-12-38-30(33)27-17(2)31-22-13-19(18-8-10-25(36-5)26(15-18)37-6)14-23(32)29(22)28(27)21-16-20(34-3)9-11-24(21)35-4/h8-11,15-16,19,27-28H,7,12-14H2,1-6H3/t19-,27?,28+/m1/s1. The minimum absolute atomic E-state index is 0.0505. The number of esters is 1. The van der Waals surface area contributed by atoms with Crippen LogP contribution in [-0.4, -0.2) is 52.5 Å². The Balaban J connectivity index is 1.83. The van der Waals surface area contributed by atoms with E-state index in [9.17, 15) is 9.59 Å². The summed E-state index contributed by atoms with van der Waals surface area (Å²) in [6.45, 7) is 4.06. The van der Waals surface area contributed by atoms with E-state index in [1.807, 2.05) is 38.1 Å². The van der Waals surface area contributed by atoms with Crippen LogP contribution in [0.4, 0.5) is 0 Å². The molecular weight excluding hydrogens is 486 g/mol. The van der Waals surface area contributed by atoms with Crippen LogP contribution in [0.15, 0.2) is 52.7 Å². The summed E-state index contributed by atoms with van der Waals surface area (Å²) in [5.41, 5.74) is 3.51. The van der Waals surface area contributed by atoms with Crippen molar-refractivity contribution in [3.8, 4) is 23.0 Å². The zero-order valence-electron chi connectivity index (χ0n) is 22.8. The molecule has 1 aliphatic carbocycles. The molecule has 0 fully saturated rings. The highest BCUT2D eigenvalue weighted by atomic mass is 16.5. The van der Waals surface area contributed by atoms with Crippen molar-refractivity contribution in [2.45, 2.75) is 44.9 Å². The molecule has 1 heterocycles. The molecule has 0 aromatic heterocycles. The third-order valence-electron chi connectivity index (χ3n) is 7.24. The molecule has 1 unspecified atom stereocenters. The maximum Gasteiger partial charge on any atom is 0.315 e. The smallest absolute Gasteiger partial charge is 0.315 e. The number of rotatable bonds is 9. The van der Waals surface area contributed by atoms with Crippen LogP contribution >= 0.6 is 0 Å². The number of methoxy groups -OCH3 is 4. The average molecular weight is 522 g/mol. The van der Waals surface area contributed by atoms with Crippen LogP contribution in [0.5, 0.6) is 23.0 Å². The number of hydrogen-bond donors (Lipinski definition) is 0. The Bertz CT molecular complexity index is 1280. The van der Waals surface area contributed by atoms with Crippen molar-refractivity contribution < 1.29 is 33.3 Å². The molecule has 1 aliphatic heterocycles. The lowest BCUT2D eigenvalue weighted by atomic mass is 9.69. The molecule has 2 aromatic carbocycles. The molecule has 3 atom stereocenters. The molecular formula is C30H35NO7. The van der Waals surface area contributed by atoms with Crippen molar-refractivity contribution in [1.29, 1.82) is 0 Å². The number of ether oxygens (including phenoxy) is 5. The van der Waals surface area contributed by atoms with Crippen LogP contribution in [-0.2, 0) is 14.3 Å². The van der Waals surface area contributed by atoms with Crippen LogP contribution in [0.2, 0.25) is 0 Å². The second kappa shape index (κ2) is 11.7. The molecule has 2 aliphatic rings. The summed E-state index contributed by atoms with van der Waals surface area (Å²) in [5, 5.41) is 0. The number of nitrogens with zero attached hydrogens (tertiary/aromatic N) is 1. The van der Waals surface area contributed by atoms with Gasteiger partial charge in [0.2, 0.25) is 0 Å². The Morgan fingerprint density at radius 3 is 2.29 bits per heavy atom. The first-order valence-electron chi connectivity index (χ1n) is 12.8. The number of carbonyl (C=O) groups is 2. The fraction of sp³-hybridized carbons (Fsp3) is 0.433. The second-order valence-electron chi connectivity index (χ2n) is 9.49. The normalized spacial score (nSPS) is 20.8. The number of allylic oxidation sites excluding steroid dienone is 2. The Kier molecular flexibility index (Phi) is 8.39. The van der Waals surface area contributed by atoms with Gasteiger partial charge in [0.25, 0.3) is 0 Å². The van der Waals surface area contributed by atoms with Crippen LogP contribution < -0.4 is 18.9 Å². The zero-order chi connectivity index (χ0) is 27.4. The van der Waals surface area contributed by atoms with Gasteiger partial charge in [-0.3, -0.25) is 14.6 Å². The first-order valence-corrected chi connectivity index (χ1v) is 12.8. The molecule has 0 saturated carbocycles. The van der Waals surface area contributed by atoms with Crippen LogP contribution in [0.25, 0.3) is 0 Å². The number of hydrogen-bond acceptors (Lipinski definition) is 8. The van der Waals surface area contributed by atoms with E-state index in [2.05, 4.69) is 0 Å². The number of Topliss-reactive ketones (excluding diaryl/α,β-unsaturated/α-hetero) is 1. The van der Waals surface area contributed by atoms with Crippen LogP contribution in [0.3, 0.4) is 0 Å². The van der Waals surface area contributed by atoms with Gasteiger partial charge in [-0.1, -0.05) is 13.0 Å². The van der Waals surface area contributed by atoms with Crippen molar-refractivity contribution in [1.82, 2.24) is 0 Å². The highest BCUT2D eigenvalue weighted by Gasteiger charge is 2.46. The fourth-order valence-corrected chi connectivity index (χ4v) is 5.42. The first-order chi connectivity index (χ1) is 18.4. The van der Waals surface area contributed by atoms with E-state index in [1.54, 1.807) is 40.6 Å². The fourth-order valence-electron chi connectivity index (χ4n) is 5.42. The topological polar surface area (TPSA) is 92.7 Å². The van der Waals surface area contributed by atoms with E-state index in [0.717, 1.165) is 5.56 Å². The Labute approximate surface area is 223 Å². The summed E-state index contributed by atoms with van der Waals surface area (Å²) >= 11 is 0. The number of ketones is 1. The summed E-state index contributed by atoms with van der Waals surface area (Å²) in [5.74, 6) is 0.528. The van der Waals surface area contributed by atoms with E-state index in [0.29, 0.717) is 65.0 Å². The third kappa shape index (κ3) is 5.12. The molecule has 0 amide bonds. The molecule has 38 heavy (non-hydrogen) atoms. The maximum atomic E-state index is 13.9. The Morgan fingerprint density at radius 2 is 1.63 bits per heavy atom. The van der Waals surface area contributed by atoms with Crippen LogP contribution in [0, 0.1) is 5.92 Å². The maximum absolute atomic E-state index is 13.9. The molecule has 0 N–H and O–H groups in total. The van der Waals surface area contributed by atoms with Crippen molar-refractivity contribution >= 4 is 17.5 Å². The van der Waals surface area contributed by atoms with Crippen molar-refractivity contribution in [3.05, 3.63) is 58.8 Å². The molecule has 2 aromatic rings. The number of aliphatic imine (C=N–C) groups is 1. The van der Waals surface area contributed by atoms with Gasteiger partial charge in [0.05, 0.1) is 35.0 Å². The lowest BCUT2D eigenvalue weighted by Gasteiger charge is -2.37. The minimum Gasteiger partial charge on any atom is -0.497 e. The average Bonchev–Trinajstić information content (AvgIpc) is 2.94. The molecule has 0 radical (unpaired) electrons. The summed E-state index contributed by atoms with van der Waals surface area (Å²) in [4.78, 5) is 32.1. The number of benzene rings is 2. The minimum atomic E-state index is -0.747. The summed E-state index contributed by atoms with van der Waals surface area (Å²) in [6, 6.07) is 11.1. The van der Waals surface area contributed by atoms with Gasteiger partial charge in [-0.25, -0.2) is 0 Å². The van der Waals surface area contributed by atoms with Gasteiger partial charge in [-0.2, -0.15) is 0 Å². The monoisotopic (exact) mass is 521 g/mol. The quantitative estimate of drug-likeness (QED) is 0.416.